The zero-order valence-corrected chi connectivity index (χ0v) is 7.68. The monoisotopic (exact) mass is 156 g/mol. The molecule has 0 bridgehead atoms. The van der Waals surface area contributed by atoms with Crippen LogP contribution in [-0.4, -0.2) is 13.1 Å². The van der Waals surface area contributed by atoms with Crippen LogP contribution in [-0.2, 0) is 9.53 Å². The number of hydrogen-bond donors (Lipinski definition) is 0. The van der Waals surface area contributed by atoms with Gasteiger partial charge in [-0.3, -0.25) is 4.79 Å². The average Bonchev–Trinajstić information content (AvgIpc) is 2.02. The lowest BCUT2D eigenvalue weighted by atomic mass is 9.99. The fourth-order valence-electron chi connectivity index (χ4n) is 0.779. The molecule has 1 atom stereocenters. The van der Waals surface area contributed by atoms with Crippen molar-refractivity contribution in [2.75, 3.05) is 7.11 Å². The van der Waals surface area contributed by atoms with E-state index < -0.39 is 0 Å². The number of hydrogen-bond acceptors (Lipinski definition) is 2. The highest BCUT2D eigenvalue weighted by Gasteiger charge is 2.09. The Morgan fingerprint density at radius 2 is 2.18 bits per heavy atom. The summed E-state index contributed by atoms with van der Waals surface area (Å²) in [6, 6.07) is 0. The van der Waals surface area contributed by atoms with Crippen molar-refractivity contribution in [2.24, 2.45) is 5.92 Å². The van der Waals surface area contributed by atoms with Gasteiger partial charge in [-0.05, 0) is 19.8 Å². The van der Waals surface area contributed by atoms with Crippen LogP contribution in [0.15, 0.2) is 11.6 Å². The zero-order valence-electron chi connectivity index (χ0n) is 7.68. The second-order valence-electron chi connectivity index (χ2n) is 2.71. The van der Waals surface area contributed by atoms with Gasteiger partial charge in [-0.2, -0.15) is 0 Å². The molecule has 11 heavy (non-hydrogen) atoms. The fraction of sp³-hybridized carbons (Fsp3) is 0.667. The molecule has 0 aliphatic carbocycles. The lowest BCUT2D eigenvalue weighted by molar-refractivity contribution is -0.141. The van der Waals surface area contributed by atoms with Gasteiger partial charge in [0.15, 0.2) is 0 Å². The third kappa shape index (κ3) is 3.81. The van der Waals surface area contributed by atoms with Crippen molar-refractivity contribution in [1.82, 2.24) is 0 Å². The molecular weight excluding hydrogens is 140 g/mol. The summed E-state index contributed by atoms with van der Waals surface area (Å²) in [5.74, 6) is 0.158. The van der Waals surface area contributed by atoms with E-state index in [1.807, 2.05) is 26.8 Å². The van der Waals surface area contributed by atoms with Crippen LogP contribution < -0.4 is 0 Å². The molecule has 2 heteroatoms. The Hall–Kier alpha value is -0.790. The number of ether oxygens (including phenoxy) is 1. The summed E-state index contributed by atoms with van der Waals surface area (Å²) in [7, 11) is 1.42. The van der Waals surface area contributed by atoms with Gasteiger partial charge >= 0.3 is 5.97 Å². The van der Waals surface area contributed by atoms with E-state index >= 15 is 0 Å². The van der Waals surface area contributed by atoms with Crippen LogP contribution in [0.5, 0.6) is 0 Å². The zero-order chi connectivity index (χ0) is 8.85. The summed E-state index contributed by atoms with van der Waals surface area (Å²) in [6.07, 6.45) is 2.50. The standard InChI is InChI=1S/C9H16O2/c1-5-7(2)8(3)6-9(10)11-4/h5,8H,6H2,1-4H3. The first kappa shape index (κ1) is 10.2. The van der Waals surface area contributed by atoms with Gasteiger partial charge in [-0.1, -0.05) is 18.6 Å². The summed E-state index contributed by atoms with van der Waals surface area (Å²) in [4.78, 5) is 10.8. The Morgan fingerprint density at radius 3 is 2.55 bits per heavy atom. The minimum atomic E-state index is -0.140. The van der Waals surface area contributed by atoms with Gasteiger partial charge in [-0.25, -0.2) is 0 Å². The highest BCUT2D eigenvalue weighted by Crippen LogP contribution is 2.13. The van der Waals surface area contributed by atoms with Crippen molar-refractivity contribution in [3.63, 3.8) is 0 Å². The number of allylic oxidation sites excluding steroid dienone is 2. The predicted molar refractivity (Wildman–Crippen MR) is 45.2 cm³/mol. The molecule has 0 aliphatic heterocycles. The van der Waals surface area contributed by atoms with Crippen molar-refractivity contribution in [3.05, 3.63) is 11.6 Å². The van der Waals surface area contributed by atoms with Crippen LogP contribution in [0, 0.1) is 5.92 Å². The summed E-state index contributed by atoms with van der Waals surface area (Å²) < 4.78 is 4.55. The molecule has 0 spiro atoms. The summed E-state index contributed by atoms with van der Waals surface area (Å²) >= 11 is 0. The van der Waals surface area contributed by atoms with E-state index in [-0.39, 0.29) is 5.97 Å². The van der Waals surface area contributed by atoms with E-state index in [0.29, 0.717) is 12.3 Å². The number of rotatable bonds is 3. The van der Waals surface area contributed by atoms with Crippen molar-refractivity contribution < 1.29 is 9.53 Å². The van der Waals surface area contributed by atoms with Crippen LogP contribution in [0.1, 0.15) is 27.2 Å². The molecule has 0 rings (SSSR count). The van der Waals surface area contributed by atoms with Gasteiger partial charge in [-0.15, -0.1) is 0 Å². The highest BCUT2D eigenvalue weighted by molar-refractivity contribution is 5.69. The summed E-state index contributed by atoms with van der Waals surface area (Å²) in [5, 5.41) is 0. The topological polar surface area (TPSA) is 26.3 Å². The first-order valence-corrected chi connectivity index (χ1v) is 3.81. The minimum Gasteiger partial charge on any atom is -0.469 e. The molecule has 1 unspecified atom stereocenters. The van der Waals surface area contributed by atoms with E-state index in [0.717, 1.165) is 0 Å². The van der Waals surface area contributed by atoms with Crippen LogP contribution >= 0.6 is 0 Å². The second kappa shape index (κ2) is 4.94. The summed E-state index contributed by atoms with van der Waals surface area (Å²) in [5.41, 5.74) is 1.23. The van der Waals surface area contributed by atoms with E-state index in [2.05, 4.69) is 4.74 Å². The minimum absolute atomic E-state index is 0.140. The van der Waals surface area contributed by atoms with E-state index in [1.165, 1.54) is 12.7 Å². The molecule has 0 radical (unpaired) electrons. The maximum atomic E-state index is 10.8. The van der Waals surface area contributed by atoms with Crippen LogP contribution in [0.3, 0.4) is 0 Å². The van der Waals surface area contributed by atoms with E-state index in [4.69, 9.17) is 0 Å². The molecule has 0 aromatic carbocycles. The average molecular weight is 156 g/mol. The highest BCUT2D eigenvalue weighted by atomic mass is 16.5. The number of carbonyl (C=O) groups excluding carboxylic acids is 1. The van der Waals surface area contributed by atoms with Gasteiger partial charge in [0.05, 0.1) is 13.5 Å². The Labute approximate surface area is 68.2 Å². The van der Waals surface area contributed by atoms with Crippen molar-refractivity contribution in [1.29, 1.82) is 0 Å². The molecule has 0 saturated carbocycles. The number of esters is 1. The lowest BCUT2D eigenvalue weighted by Crippen LogP contribution is -2.07. The fourth-order valence-corrected chi connectivity index (χ4v) is 0.779. The van der Waals surface area contributed by atoms with Crippen LogP contribution in [0.2, 0.25) is 0 Å². The Balaban J connectivity index is 3.87. The molecule has 0 aliphatic rings. The van der Waals surface area contributed by atoms with Crippen molar-refractivity contribution in [3.8, 4) is 0 Å². The third-order valence-electron chi connectivity index (χ3n) is 1.93. The molecule has 0 fully saturated rings. The van der Waals surface area contributed by atoms with Gasteiger partial charge in [0.1, 0.15) is 0 Å². The predicted octanol–water partition coefficient (Wildman–Crippen LogP) is 2.15. The third-order valence-corrected chi connectivity index (χ3v) is 1.93. The number of carbonyl (C=O) groups is 1. The Bertz CT molecular complexity index is 159. The Morgan fingerprint density at radius 1 is 1.64 bits per heavy atom. The molecule has 0 amide bonds. The normalized spacial score (nSPS) is 14.4. The Kier molecular flexibility index (Phi) is 4.59. The molecule has 0 saturated heterocycles. The van der Waals surface area contributed by atoms with Crippen LogP contribution in [0.4, 0.5) is 0 Å². The van der Waals surface area contributed by atoms with Crippen molar-refractivity contribution >= 4 is 5.97 Å². The molecule has 0 aromatic heterocycles. The quantitative estimate of drug-likeness (QED) is 0.462. The molecule has 64 valence electrons. The SMILES string of the molecule is CC=C(C)C(C)CC(=O)OC. The van der Waals surface area contributed by atoms with E-state index in [9.17, 15) is 4.79 Å². The van der Waals surface area contributed by atoms with Crippen molar-refractivity contribution in [2.45, 2.75) is 27.2 Å². The van der Waals surface area contributed by atoms with Gasteiger partial charge in [0, 0.05) is 0 Å². The maximum Gasteiger partial charge on any atom is 0.306 e. The molecule has 0 aromatic rings. The smallest absolute Gasteiger partial charge is 0.306 e. The second-order valence-corrected chi connectivity index (χ2v) is 2.71. The first-order chi connectivity index (χ1) is 5.11. The summed E-state index contributed by atoms with van der Waals surface area (Å²) in [6.45, 7) is 6.02. The largest absolute Gasteiger partial charge is 0.469 e. The molecular formula is C9H16O2. The molecule has 2 nitrogen and oxygen atoms in total. The maximum absolute atomic E-state index is 10.8. The van der Waals surface area contributed by atoms with E-state index in [1.54, 1.807) is 0 Å². The van der Waals surface area contributed by atoms with Gasteiger partial charge < -0.3 is 4.74 Å². The van der Waals surface area contributed by atoms with Gasteiger partial charge in [0.25, 0.3) is 0 Å². The lowest BCUT2D eigenvalue weighted by Gasteiger charge is -2.09. The number of methoxy groups -OCH3 is 1. The molecule has 0 N–H and O–H groups in total. The van der Waals surface area contributed by atoms with Gasteiger partial charge in [0.2, 0.25) is 0 Å². The molecule has 0 heterocycles. The first-order valence-electron chi connectivity index (χ1n) is 3.81. The van der Waals surface area contributed by atoms with Crippen LogP contribution in [0.25, 0.3) is 0 Å².